The van der Waals surface area contributed by atoms with Crippen molar-refractivity contribution in [3.05, 3.63) is 29.3 Å². The van der Waals surface area contributed by atoms with Gasteiger partial charge in [0.1, 0.15) is 0 Å². The lowest BCUT2D eigenvalue weighted by Gasteiger charge is -2.26. The summed E-state index contributed by atoms with van der Waals surface area (Å²) in [7, 11) is 0. The number of imide groups is 1. The molecule has 1 heterocycles. The van der Waals surface area contributed by atoms with Crippen molar-refractivity contribution in [2.24, 2.45) is 11.8 Å². The molecule has 3 aliphatic rings. The topological polar surface area (TPSA) is 116 Å². The lowest BCUT2D eigenvalue weighted by Crippen LogP contribution is -2.41. The molecule has 1 aromatic carbocycles. The van der Waals surface area contributed by atoms with Gasteiger partial charge in [-0.2, -0.15) is 0 Å². The van der Waals surface area contributed by atoms with Gasteiger partial charge < -0.3 is 15.7 Å². The van der Waals surface area contributed by atoms with E-state index in [0.717, 1.165) is 12.8 Å². The van der Waals surface area contributed by atoms with Gasteiger partial charge >= 0.3 is 12.0 Å². The molecule has 0 unspecified atom stereocenters. The number of carbonyl (C=O) groups is 4. The van der Waals surface area contributed by atoms with Crippen molar-refractivity contribution in [1.82, 2.24) is 10.2 Å². The molecule has 8 heteroatoms. The maximum Gasteiger partial charge on any atom is 0.319 e. The first-order chi connectivity index (χ1) is 13.4. The molecule has 148 valence electrons. The maximum atomic E-state index is 12.5. The fraction of sp³-hybridized carbons (Fsp3) is 0.500. The highest BCUT2D eigenvalue weighted by molar-refractivity contribution is 6.21. The van der Waals surface area contributed by atoms with Crippen molar-refractivity contribution in [2.75, 3.05) is 11.9 Å². The van der Waals surface area contributed by atoms with E-state index >= 15 is 0 Å². The molecule has 0 saturated heterocycles. The van der Waals surface area contributed by atoms with Gasteiger partial charge in [0.25, 0.3) is 11.8 Å². The minimum Gasteiger partial charge on any atom is -0.481 e. The SMILES string of the molecule is O=C(Nc1ccc2c(c1)C(=O)N(CC1CC1)C2=O)NC1CCC(C(=O)O)CC1. The summed E-state index contributed by atoms with van der Waals surface area (Å²) in [5.74, 6) is -1.27. The molecule has 8 nitrogen and oxygen atoms in total. The zero-order valence-corrected chi connectivity index (χ0v) is 15.4. The minimum atomic E-state index is -0.781. The van der Waals surface area contributed by atoms with E-state index in [1.807, 2.05) is 0 Å². The van der Waals surface area contributed by atoms with Crippen LogP contribution in [-0.4, -0.2) is 46.4 Å². The Bertz CT molecular complexity index is 840. The highest BCUT2D eigenvalue weighted by Crippen LogP contribution is 2.33. The number of aliphatic carboxylic acids is 1. The van der Waals surface area contributed by atoms with Crippen LogP contribution >= 0.6 is 0 Å². The third-order valence-electron chi connectivity index (χ3n) is 5.78. The fourth-order valence-corrected chi connectivity index (χ4v) is 3.93. The average molecular weight is 385 g/mol. The van der Waals surface area contributed by atoms with Gasteiger partial charge in [0, 0.05) is 18.3 Å². The Morgan fingerprint density at radius 2 is 1.68 bits per heavy atom. The predicted octanol–water partition coefficient (Wildman–Crippen LogP) is 2.46. The summed E-state index contributed by atoms with van der Waals surface area (Å²) in [6, 6.07) is 4.28. The van der Waals surface area contributed by atoms with Crippen molar-refractivity contribution in [3.63, 3.8) is 0 Å². The number of carbonyl (C=O) groups excluding carboxylic acids is 3. The number of amides is 4. The highest BCUT2D eigenvalue weighted by Gasteiger charge is 2.39. The number of rotatable bonds is 5. The van der Waals surface area contributed by atoms with E-state index in [1.165, 1.54) is 4.90 Å². The van der Waals surface area contributed by atoms with Crippen LogP contribution in [0, 0.1) is 11.8 Å². The van der Waals surface area contributed by atoms with E-state index in [4.69, 9.17) is 5.11 Å². The Morgan fingerprint density at radius 3 is 2.32 bits per heavy atom. The van der Waals surface area contributed by atoms with E-state index in [1.54, 1.807) is 18.2 Å². The Balaban J connectivity index is 1.35. The number of carboxylic acids is 1. The predicted molar refractivity (Wildman–Crippen MR) is 100 cm³/mol. The maximum absolute atomic E-state index is 12.5. The molecule has 0 spiro atoms. The van der Waals surface area contributed by atoms with Gasteiger partial charge in [0.2, 0.25) is 0 Å². The third-order valence-corrected chi connectivity index (χ3v) is 5.78. The summed E-state index contributed by atoms with van der Waals surface area (Å²) < 4.78 is 0. The van der Waals surface area contributed by atoms with E-state index in [2.05, 4.69) is 10.6 Å². The Kier molecular flexibility index (Phi) is 4.78. The third kappa shape index (κ3) is 3.72. The van der Waals surface area contributed by atoms with Crippen LogP contribution in [0.25, 0.3) is 0 Å². The van der Waals surface area contributed by atoms with Gasteiger partial charge in [-0.1, -0.05) is 0 Å². The van der Waals surface area contributed by atoms with Crippen molar-refractivity contribution in [1.29, 1.82) is 0 Å². The normalized spacial score (nSPS) is 24.1. The molecule has 4 amide bonds. The molecule has 0 bridgehead atoms. The highest BCUT2D eigenvalue weighted by atomic mass is 16.4. The van der Waals surface area contributed by atoms with Crippen LogP contribution in [0.2, 0.25) is 0 Å². The lowest BCUT2D eigenvalue weighted by atomic mass is 9.86. The molecule has 2 saturated carbocycles. The average Bonchev–Trinajstić information content (AvgIpc) is 3.46. The van der Waals surface area contributed by atoms with Gasteiger partial charge in [-0.15, -0.1) is 0 Å². The number of urea groups is 1. The molecular formula is C20H23N3O5. The van der Waals surface area contributed by atoms with Crippen molar-refractivity contribution >= 4 is 29.5 Å². The molecule has 1 aliphatic heterocycles. The standard InChI is InChI=1S/C20H23N3O5/c24-17-15-8-7-14(9-16(15)18(25)23(17)10-11-1-2-11)22-20(28)21-13-5-3-12(4-6-13)19(26)27/h7-9,11-13H,1-6,10H2,(H,26,27)(H2,21,22,28). The quantitative estimate of drug-likeness (QED) is 0.674. The van der Waals surface area contributed by atoms with Gasteiger partial charge in [-0.05, 0) is 62.6 Å². The number of anilines is 1. The molecule has 28 heavy (non-hydrogen) atoms. The molecule has 1 aromatic rings. The summed E-state index contributed by atoms with van der Waals surface area (Å²) in [6.45, 7) is 0.467. The molecule has 4 rings (SSSR count). The van der Waals surface area contributed by atoms with Crippen LogP contribution in [0.3, 0.4) is 0 Å². The molecule has 3 N–H and O–H groups in total. The van der Waals surface area contributed by atoms with E-state index in [9.17, 15) is 19.2 Å². The van der Waals surface area contributed by atoms with Crippen LogP contribution in [0.1, 0.15) is 59.2 Å². The van der Waals surface area contributed by atoms with Crippen LogP contribution in [0.4, 0.5) is 10.5 Å². The molecular weight excluding hydrogens is 362 g/mol. The van der Waals surface area contributed by atoms with Gasteiger partial charge in [-0.3, -0.25) is 19.3 Å². The van der Waals surface area contributed by atoms with Crippen LogP contribution < -0.4 is 10.6 Å². The van der Waals surface area contributed by atoms with E-state index < -0.39 is 12.0 Å². The second-order valence-corrected chi connectivity index (χ2v) is 7.91. The van der Waals surface area contributed by atoms with Crippen LogP contribution in [0.15, 0.2) is 18.2 Å². The fourth-order valence-electron chi connectivity index (χ4n) is 3.93. The van der Waals surface area contributed by atoms with Gasteiger partial charge in [-0.25, -0.2) is 4.79 Å². The summed E-state index contributed by atoms with van der Waals surface area (Å²) in [4.78, 5) is 49.5. The van der Waals surface area contributed by atoms with Gasteiger partial charge in [0.05, 0.1) is 17.0 Å². The Hall–Kier alpha value is -2.90. The number of fused-ring (bicyclic) bond motifs is 1. The molecule has 0 radical (unpaired) electrons. The first-order valence-corrected chi connectivity index (χ1v) is 9.73. The number of nitrogens with one attached hydrogen (secondary N) is 2. The number of hydrogen-bond donors (Lipinski definition) is 3. The molecule has 2 aliphatic carbocycles. The number of carboxylic acid groups (broad SMARTS) is 1. The lowest BCUT2D eigenvalue weighted by molar-refractivity contribution is -0.142. The largest absolute Gasteiger partial charge is 0.481 e. The number of nitrogens with zero attached hydrogens (tertiary/aromatic N) is 1. The second-order valence-electron chi connectivity index (χ2n) is 7.91. The summed E-state index contributed by atoms with van der Waals surface area (Å²) in [5.41, 5.74) is 1.15. The smallest absolute Gasteiger partial charge is 0.319 e. The first-order valence-electron chi connectivity index (χ1n) is 9.73. The minimum absolute atomic E-state index is 0.0673. The molecule has 2 fully saturated rings. The van der Waals surface area contributed by atoms with Crippen molar-refractivity contribution in [2.45, 2.75) is 44.6 Å². The molecule has 0 atom stereocenters. The zero-order chi connectivity index (χ0) is 19.8. The zero-order valence-electron chi connectivity index (χ0n) is 15.4. The summed E-state index contributed by atoms with van der Waals surface area (Å²) >= 11 is 0. The van der Waals surface area contributed by atoms with Crippen molar-refractivity contribution < 1.29 is 24.3 Å². The summed E-state index contributed by atoms with van der Waals surface area (Å²) in [6.07, 6.45) is 4.44. The van der Waals surface area contributed by atoms with Crippen LogP contribution in [-0.2, 0) is 4.79 Å². The first kappa shape index (κ1) is 18.5. The summed E-state index contributed by atoms with van der Waals surface area (Å²) in [5, 5.41) is 14.6. The molecule has 0 aromatic heterocycles. The van der Waals surface area contributed by atoms with E-state index in [-0.39, 0.29) is 23.8 Å². The number of hydrogen-bond acceptors (Lipinski definition) is 4. The second kappa shape index (κ2) is 7.26. The monoisotopic (exact) mass is 385 g/mol. The Labute approximate surface area is 162 Å². The Morgan fingerprint density at radius 1 is 1.00 bits per heavy atom. The number of benzene rings is 1. The van der Waals surface area contributed by atoms with Crippen molar-refractivity contribution in [3.8, 4) is 0 Å². The van der Waals surface area contributed by atoms with Crippen LogP contribution in [0.5, 0.6) is 0 Å². The van der Waals surface area contributed by atoms with E-state index in [0.29, 0.717) is 55.0 Å². The van der Waals surface area contributed by atoms with Gasteiger partial charge in [0.15, 0.2) is 0 Å².